The van der Waals surface area contributed by atoms with Crippen LogP contribution in [0.4, 0.5) is 5.95 Å². The van der Waals surface area contributed by atoms with E-state index in [9.17, 15) is 0 Å². The van der Waals surface area contributed by atoms with Crippen LogP contribution in [0.3, 0.4) is 0 Å². The summed E-state index contributed by atoms with van der Waals surface area (Å²) in [4.78, 5) is 4.31. The highest BCUT2D eigenvalue weighted by molar-refractivity contribution is 5.25. The van der Waals surface area contributed by atoms with Crippen LogP contribution in [-0.4, -0.2) is 16.6 Å². The molecule has 2 rings (SSSR count). The van der Waals surface area contributed by atoms with Gasteiger partial charge in [-0.3, -0.25) is 0 Å². The third kappa shape index (κ3) is 2.01. The van der Waals surface area contributed by atoms with E-state index in [1.807, 2.05) is 13.2 Å². The van der Waals surface area contributed by atoms with Gasteiger partial charge < -0.3 is 9.88 Å². The summed E-state index contributed by atoms with van der Waals surface area (Å²) in [5, 5.41) is 3.15. The zero-order chi connectivity index (χ0) is 10.8. The Morgan fingerprint density at radius 2 is 2.13 bits per heavy atom. The lowest BCUT2D eigenvalue weighted by atomic mass is 9.79. The van der Waals surface area contributed by atoms with Gasteiger partial charge in [0.05, 0.1) is 0 Å². The van der Waals surface area contributed by atoms with Gasteiger partial charge in [0.1, 0.15) is 0 Å². The Bertz CT molecular complexity index is 318. The van der Waals surface area contributed by atoms with Gasteiger partial charge in [-0.25, -0.2) is 4.98 Å². The fourth-order valence-corrected chi connectivity index (χ4v) is 2.57. The van der Waals surface area contributed by atoms with E-state index < -0.39 is 0 Å². The highest BCUT2D eigenvalue weighted by atomic mass is 15.2. The number of aromatic nitrogens is 2. The summed E-state index contributed by atoms with van der Waals surface area (Å²) >= 11 is 0. The maximum Gasteiger partial charge on any atom is 0.202 e. The molecule has 0 aliphatic heterocycles. The van der Waals surface area contributed by atoms with Crippen molar-refractivity contribution in [1.82, 2.24) is 9.55 Å². The molecule has 0 spiro atoms. The van der Waals surface area contributed by atoms with E-state index in [-0.39, 0.29) is 0 Å². The van der Waals surface area contributed by atoms with Gasteiger partial charge >= 0.3 is 0 Å². The fraction of sp³-hybridized carbons (Fsp3) is 0.750. The van der Waals surface area contributed by atoms with E-state index in [2.05, 4.69) is 34.9 Å². The maximum atomic E-state index is 4.31. The third-order valence-corrected chi connectivity index (χ3v) is 3.86. The van der Waals surface area contributed by atoms with Crippen LogP contribution in [-0.2, 0) is 0 Å². The monoisotopic (exact) mass is 207 g/mol. The summed E-state index contributed by atoms with van der Waals surface area (Å²) in [7, 11) is 1.94. The molecule has 1 aliphatic carbocycles. The van der Waals surface area contributed by atoms with Gasteiger partial charge in [0.25, 0.3) is 0 Å². The Morgan fingerprint density at radius 1 is 1.33 bits per heavy atom. The lowest BCUT2D eigenvalue weighted by Crippen LogP contribution is -2.23. The van der Waals surface area contributed by atoms with E-state index in [0.717, 1.165) is 17.8 Å². The summed E-state index contributed by atoms with van der Waals surface area (Å²) in [6.45, 7) is 4.74. The van der Waals surface area contributed by atoms with Gasteiger partial charge in [-0.1, -0.05) is 13.8 Å². The second kappa shape index (κ2) is 4.25. The van der Waals surface area contributed by atoms with Crippen molar-refractivity contribution < 1.29 is 0 Å². The average molecular weight is 207 g/mol. The molecule has 1 aromatic heterocycles. The molecule has 1 N–H and O–H groups in total. The molecular weight excluding hydrogens is 186 g/mol. The minimum atomic E-state index is 0.640. The van der Waals surface area contributed by atoms with Gasteiger partial charge in [0.15, 0.2) is 0 Å². The maximum absolute atomic E-state index is 4.31. The number of hydrogen-bond donors (Lipinski definition) is 1. The smallest absolute Gasteiger partial charge is 0.202 e. The molecule has 3 unspecified atom stereocenters. The number of nitrogens with one attached hydrogen (secondary N) is 1. The molecule has 0 radical (unpaired) electrons. The van der Waals surface area contributed by atoms with Crippen LogP contribution in [0.5, 0.6) is 0 Å². The molecule has 1 heterocycles. The minimum absolute atomic E-state index is 0.640. The normalized spacial score (nSPS) is 31.5. The summed E-state index contributed by atoms with van der Waals surface area (Å²) in [5.41, 5.74) is 0. The number of imidazole rings is 1. The van der Waals surface area contributed by atoms with Crippen LogP contribution in [0.1, 0.15) is 39.2 Å². The van der Waals surface area contributed by atoms with Crippen molar-refractivity contribution in [3.63, 3.8) is 0 Å². The summed E-state index contributed by atoms with van der Waals surface area (Å²) < 4.78 is 2.29. The van der Waals surface area contributed by atoms with Crippen LogP contribution >= 0.6 is 0 Å². The van der Waals surface area contributed by atoms with Crippen molar-refractivity contribution in [3.05, 3.63) is 12.4 Å². The zero-order valence-electron chi connectivity index (χ0n) is 9.90. The third-order valence-electron chi connectivity index (χ3n) is 3.86. The van der Waals surface area contributed by atoms with Crippen LogP contribution in [0.15, 0.2) is 12.4 Å². The Morgan fingerprint density at radius 3 is 2.80 bits per heavy atom. The van der Waals surface area contributed by atoms with Crippen LogP contribution in [0, 0.1) is 11.8 Å². The minimum Gasteiger partial charge on any atom is -0.359 e. The molecule has 0 amide bonds. The summed E-state index contributed by atoms with van der Waals surface area (Å²) in [6.07, 6.45) is 7.89. The molecule has 1 aromatic rings. The largest absolute Gasteiger partial charge is 0.359 e. The van der Waals surface area contributed by atoms with E-state index in [1.165, 1.54) is 19.3 Å². The Labute approximate surface area is 91.9 Å². The predicted molar refractivity (Wildman–Crippen MR) is 63.0 cm³/mol. The van der Waals surface area contributed by atoms with E-state index in [4.69, 9.17) is 0 Å². The molecular formula is C12H21N3. The van der Waals surface area contributed by atoms with Crippen LogP contribution in [0.25, 0.3) is 0 Å². The first-order valence-electron chi connectivity index (χ1n) is 5.93. The second-order valence-electron chi connectivity index (χ2n) is 4.83. The van der Waals surface area contributed by atoms with E-state index in [1.54, 1.807) is 0 Å². The van der Waals surface area contributed by atoms with Crippen molar-refractivity contribution in [1.29, 1.82) is 0 Å². The quantitative estimate of drug-likeness (QED) is 0.808. The lowest BCUT2D eigenvalue weighted by molar-refractivity contribution is 0.212. The van der Waals surface area contributed by atoms with Crippen molar-refractivity contribution >= 4 is 5.95 Å². The summed E-state index contributed by atoms with van der Waals surface area (Å²) in [5.74, 6) is 2.71. The van der Waals surface area contributed by atoms with Gasteiger partial charge in [-0.05, 0) is 31.1 Å². The van der Waals surface area contributed by atoms with Gasteiger partial charge in [-0.15, -0.1) is 0 Å². The first-order valence-corrected chi connectivity index (χ1v) is 5.93. The first kappa shape index (κ1) is 10.5. The Kier molecular flexibility index (Phi) is 2.98. The Balaban J connectivity index is 2.11. The lowest BCUT2D eigenvalue weighted by Gasteiger charge is -2.33. The molecule has 3 nitrogen and oxygen atoms in total. The average Bonchev–Trinajstić information content (AvgIpc) is 2.70. The molecule has 1 saturated carbocycles. The van der Waals surface area contributed by atoms with Crippen molar-refractivity contribution in [2.24, 2.45) is 11.8 Å². The number of rotatable bonds is 2. The molecule has 0 saturated heterocycles. The van der Waals surface area contributed by atoms with Crippen molar-refractivity contribution in [2.45, 2.75) is 39.2 Å². The molecule has 1 aliphatic rings. The topological polar surface area (TPSA) is 29.9 Å². The van der Waals surface area contributed by atoms with Crippen molar-refractivity contribution in [3.8, 4) is 0 Å². The second-order valence-corrected chi connectivity index (χ2v) is 4.83. The van der Waals surface area contributed by atoms with Crippen molar-refractivity contribution in [2.75, 3.05) is 12.4 Å². The fourth-order valence-electron chi connectivity index (χ4n) is 2.57. The predicted octanol–water partition coefficient (Wildman–Crippen LogP) is 2.92. The zero-order valence-corrected chi connectivity index (χ0v) is 9.90. The van der Waals surface area contributed by atoms with Gasteiger partial charge in [-0.2, -0.15) is 0 Å². The number of anilines is 1. The molecule has 0 aromatic carbocycles. The van der Waals surface area contributed by atoms with Crippen LogP contribution in [0.2, 0.25) is 0 Å². The highest BCUT2D eigenvalue weighted by Gasteiger charge is 2.26. The molecule has 15 heavy (non-hydrogen) atoms. The molecule has 3 heteroatoms. The molecule has 3 atom stereocenters. The SMILES string of the molecule is CNc1nccn1C1CCC(C)C(C)C1. The summed E-state index contributed by atoms with van der Waals surface area (Å²) in [6, 6.07) is 0.640. The molecule has 84 valence electrons. The van der Waals surface area contributed by atoms with Gasteiger partial charge in [0, 0.05) is 25.5 Å². The number of hydrogen-bond acceptors (Lipinski definition) is 2. The standard InChI is InChI=1S/C12H21N3/c1-9-4-5-11(8-10(9)2)15-7-6-14-12(15)13-3/h6-7,9-11H,4-5,8H2,1-3H3,(H,13,14). The Hall–Kier alpha value is -0.990. The highest BCUT2D eigenvalue weighted by Crippen LogP contribution is 2.37. The van der Waals surface area contributed by atoms with E-state index >= 15 is 0 Å². The molecule has 1 fully saturated rings. The molecule has 0 bridgehead atoms. The first-order chi connectivity index (χ1) is 7.22. The van der Waals surface area contributed by atoms with Gasteiger partial charge in [0.2, 0.25) is 5.95 Å². The van der Waals surface area contributed by atoms with Crippen LogP contribution < -0.4 is 5.32 Å². The number of nitrogens with zero attached hydrogens (tertiary/aromatic N) is 2. The van der Waals surface area contributed by atoms with E-state index in [0.29, 0.717) is 6.04 Å².